The molecule has 1 atom stereocenters. The molecule has 0 saturated carbocycles. The summed E-state index contributed by atoms with van der Waals surface area (Å²) in [6.07, 6.45) is 8.48. The van der Waals surface area contributed by atoms with Gasteiger partial charge in [-0.25, -0.2) is 0 Å². The van der Waals surface area contributed by atoms with Gasteiger partial charge in [0.15, 0.2) is 0 Å². The van der Waals surface area contributed by atoms with Crippen LogP contribution in [-0.2, 0) is 0 Å². The van der Waals surface area contributed by atoms with Crippen LogP contribution in [0.3, 0.4) is 0 Å². The molecule has 1 aliphatic carbocycles. The Morgan fingerprint density at radius 1 is 1.64 bits per heavy atom. The molecule has 1 nitrogen and oxygen atoms in total. The molecule has 0 heterocycles. The Hall–Kier alpha value is -0.560. The first-order chi connectivity index (χ1) is 5.25. The molecule has 1 heteroatoms. The first-order valence-corrected chi connectivity index (χ1v) is 4.21. The van der Waals surface area contributed by atoms with E-state index in [1.807, 2.05) is 0 Å². The van der Waals surface area contributed by atoms with E-state index < -0.39 is 0 Å². The molecule has 0 aromatic rings. The molecule has 1 rings (SSSR count). The molecule has 0 spiro atoms. The van der Waals surface area contributed by atoms with Crippen molar-refractivity contribution in [2.24, 2.45) is 5.41 Å². The number of hydrogen-bond acceptors (Lipinski definition) is 1. The lowest BCUT2D eigenvalue weighted by molar-refractivity contribution is 0.191. The number of allylic oxidation sites excluding steroid dienone is 2. The maximum atomic E-state index is 9.22. The van der Waals surface area contributed by atoms with Gasteiger partial charge >= 0.3 is 0 Å². The van der Waals surface area contributed by atoms with Gasteiger partial charge in [0, 0.05) is 5.41 Å². The van der Waals surface area contributed by atoms with E-state index in [0.29, 0.717) is 0 Å². The summed E-state index contributed by atoms with van der Waals surface area (Å²) in [5.41, 5.74) is 1.27. The van der Waals surface area contributed by atoms with E-state index >= 15 is 0 Å². The van der Waals surface area contributed by atoms with Crippen LogP contribution in [0.1, 0.15) is 26.7 Å². The number of rotatable bonds is 2. The molecule has 1 aliphatic rings. The molecule has 0 fully saturated rings. The SMILES string of the molecule is CCC1(CO)C=CCC=C1C. The van der Waals surface area contributed by atoms with Crippen LogP contribution in [0.5, 0.6) is 0 Å². The fourth-order valence-corrected chi connectivity index (χ4v) is 1.56. The summed E-state index contributed by atoms with van der Waals surface area (Å²) in [4.78, 5) is 0. The van der Waals surface area contributed by atoms with E-state index in [4.69, 9.17) is 0 Å². The highest BCUT2D eigenvalue weighted by atomic mass is 16.3. The molecule has 0 amide bonds. The van der Waals surface area contributed by atoms with Gasteiger partial charge in [-0.2, -0.15) is 0 Å². The molecule has 0 bridgehead atoms. The standard InChI is InChI=1S/C10H16O/c1-3-10(8-11)7-5-4-6-9(10)2/h5-7,11H,3-4,8H2,1-2H3. The van der Waals surface area contributed by atoms with Gasteiger partial charge in [0.1, 0.15) is 0 Å². The first kappa shape index (κ1) is 8.54. The van der Waals surface area contributed by atoms with Crippen LogP contribution in [0, 0.1) is 5.41 Å². The zero-order valence-corrected chi connectivity index (χ0v) is 7.30. The summed E-state index contributed by atoms with van der Waals surface area (Å²) in [7, 11) is 0. The maximum Gasteiger partial charge on any atom is 0.0559 e. The van der Waals surface area contributed by atoms with Crippen molar-refractivity contribution in [3.05, 3.63) is 23.8 Å². The Morgan fingerprint density at radius 3 is 2.73 bits per heavy atom. The molecule has 62 valence electrons. The van der Waals surface area contributed by atoms with Gasteiger partial charge in [-0.1, -0.05) is 30.7 Å². The summed E-state index contributed by atoms with van der Waals surface area (Å²) >= 11 is 0. The Balaban J connectivity index is 2.87. The second-order valence-corrected chi connectivity index (χ2v) is 3.19. The molecular weight excluding hydrogens is 136 g/mol. The highest BCUT2D eigenvalue weighted by Gasteiger charge is 2.26. The van der Waals surface area contributed by atoms with Crippen molar-refractivity contribution in [1.82, 2.24) is 0 Å². The van der Waals surface area contributed by atoms with Crippen molar-refractivity contribution in [2.45, 2.75) is 26.7 Å². The van der Waals surface area contributed by atoms with Crippen molar-refractivity contribution < 1.29 is 5.11 Å². The predicted molar refractivity (Wildman–Crippen MR) is 47.3 cm³/mol. The summed E-state index contributed by atoms with van der Waals surface area (Å²) in [5.74, 6) is 0. The third-order valence-corrected chi connectivity index (χ3v) is 2.70. The van der Waals surface area contributed by atoms with Crippen molar-refractivity contribution >= 4 is 0 Å². The minimum atomic E-state index is -0.0434. The lowest BCUT2D eigenvalue weighted by Gasteiger charge is -2.30. The fourth-order valence-electron chi connectivity index (χ4n) is 1.56. The van der Waals surface area contributed by atoms with Crippen LogP contribution in [0.15, 0.2) is 23.8 Å². The van der Waals surface area contributed by atoms with E-state index in [1.54, 1.807) is 0 Å². The van der Waals surface area contributed by atoms with Crippen molar-refractivity contribution in [2.75, 3.05) is 6.61 Å². The van der Waals surface area contributed by atoms with Crippen molar-refractivity contribution in [3.63, 3.8) is 0 Å². The minimum absolute atomic E-state index is 0.0434. The zero-order valence-electron chi connectivity index (χ0n) is 7.30. The normalized spacial score (nSPS) is 30.3. The molecule has 11 heavy (non-hydrogen) atoms. The Kier molecular flexibility index (Phi) is 2.50. The molecule has 0 radical (unpaired) electrons. The van der Waals surface area contributed by atoms with Crippen molar-refractivity contribution in [3.8, 4) is 0 Å². The lowest BCUT2D eigenvalue weighted by atomic mass is 9.76. The average Bonchev–Trinajstić information content (AvgIpc) is 2.06. The summed E-state index contributed by atoms with van der Waals surface area (Å²) in [6, 6.07) is 0. The van der Waals surface area contributed by atoms with Crippen LogP contribution in [0.2, 0.25) is 0 Å². The summed E-state index contributed by atoms with van der Waals surface area (Å²) in [6.45, 7) is 4.45. The Labute approximate surface area is 68.4 Å². The minimum Gasteiger partial charge on any atom is -0.395 e. The molecule has 0 aliphatic heterocycles. The van der Waals surface area contributed by atoms with Gasteiger partial charge in [-0.3, -0.25) is 0 Å². The second kappa shape index (κ2) is 3.22. The lowest BCUT2D eigenvalue weighted by Crippen LogP contribution is -2.24. The van der Waals surface area contributed by atoms with Crippen LogP contribution in [0.25, 0.3) is 0 Å². The van der Waals surface area contributed by atoms with Gasteiger partial charge in [0.2, 0.25) is 0 Å². The van der Waals surface area contributed by atoms with Gasteiger partial charge in [-0.05, 0) is 19.8 Å². The monoisotopic (exact) mass is 152 g/mol. The van der Waals surface area contributed by atoms with E-state index in [-0.39, 0.29) is 12.0 Å². The molecule has 0 aromatic carbocycles. The number of aliphatic hydroxyl groups excluding tert-OH is 1. The zero-order chi connectivity index (χ0) is 8.32. The third-order valence-electron chi connectivity index (χ3n) is 2.70. The molecule has 0 saturated heterocycles. The first-order valence-electron chi connectivity index (χ1n) is 4.21. The highest BCUT2D eigenvalue weighted by Crippen LogP contribution is 2.35. The smallest absolute Gasteiger partial charge is 0.0559 e. The maximum absolute atomic E-state index is 9.22. The topological polar surface area (TPSA) is 20.2 Å². The van der Waals surface area contributed by atoms with Gasteiger partial charge in [-0.15, -0.1) is 0 Å². The Bertz CT molecular complexity index is 185. The van der Waals surface area contributed by atoms with Crippen molar-refractivity contribution in [1.29, 1.82) is 0 Å². The number of aliphatic hydroxyl groups is 1. The number of hydrogen-bond donors (Lipinski definition) is 1. The molecule has 1 unspecified atom stereocenters. The van der Waals surface area contributed by atoms with Crippen LogP contribution in [0.4, 0.5) is 0 Å². The summed E-state index contributed by atoms with van der Waals surface area (Å²) < 4.78 is 0. The van der Waals surface area contributed by atoms with E-state index in [0.717, 1.165) is 12.8 Å². The Morgan fingerprint density at radius 2 is 2.36 bits per heavy atom. The molecular formula is C10H16O. The van der Waals surface area contributed by atoms with E-state index in [1.165, 1.54) is 5.57 Å². The van der Waals surface area contributed by atoms with Crippen LogP contribution in [-0.4, -0.2) is 11.7 Å². The molecule has 1 N–H and O–H groups in total. The quantitative estimate of drug-likeness (QED) is 0.602. The van der Waals surface area contributed by atoms with Crippen LogP contribution < -0.4 is 0 Å². The van der Waals surface area contributed by atoms with Gasteiger partial charge < -0.3 is 5.11 Å². The molecule has 0 aromatic heterocycles. The highest BCUT2D eigenvalue weighted by molar-refractivity contribution is 5.25. The third kappa shape index (κ3) is 1.38. The van der Waals surface area contributed by atoms with E-state index in [9.17, 15) is 5.11 Å². The average molecular weight is 152 g/mol. The van der Waals surface area contributed by atoms with Gasteiger partial charge in [0.25, 0.3) is 0 Å². The van der Waals surface area contributed by atoms with E-state index in [2.05, 4.69) is 32.1 Å². The van der Waals surface area contributed by atoms with Gasteiger partial charge in [0.05, 0.1) is 6.61 Å². The fraction of sp³-hybridized carbons (Fsp3) is 0.600. The summed E-state index contributed by atoms with van der Waals surface area (Å²) in [5, 5.41) is 9.22. The van der Waals surface area contributed by atoms with Crippen LogP contribution >= 0.6 is 0 Å². The second-order valence-electron chi connectivity index (χ2n) is 3.19. The largest absolute Gasteiger partial charge is 0.395 e. The predicted octanol–water partition coefficient (Wildman–Crippen LogP) is 2.28.